The number of anilines is 2. The molecule has 1 aromatic carbocycles. The highest BCUT2D eigenvalue weighted by atomic mass is 19.4. The van der Waals surface area contributed by atoms with Crippen LogP contribution in [0.4, 0.5) is 29.1 Å². The average Bonchev–Trinajstić information content (AvgIpc) is 2.69. The van der Waals surface area contributed by atoms with E-state index in [1.807, 2.05) is 0 Å². The highest BCUT2D eigenvalue weighted by Crippen LogP contribution is 2.45. The monoisotopic (exact) mass is 447 g/mol. The Morgan fingerprint density at radius 2 is 1.84 bits per heavy atom. The molecular weight excluding hydrogens is 426 g/mol. The van der Waals surface area contributed by atoms with E-state index in [9.17, 15) is 13.2 Å². The molecule has 3 aromatic rings. The van der Waals surface area contributed by atoms with Gasteiger partial charge in [0.25, 0.3) is 0 Å². The fourth-order valence-electron chi connectivity index (χ4n) is 3.40. The number of nitrogens with zero attached hydrogens (tertiary/aromatic N) is 4. The summed E-state index contributed by atoms with van der Waals surface area (Å²) < 4.78 is 61.3. The molecule has 6 nitrogen and oxygen atoms in total. The zero-order chi connectivity index (χ0) is 23.0. The lowest BCUT2D eigenvalue weighted by Crippen LogP contribution is -2.17. The minimum Gasteiger partial charge on any atom is -0.435 e. The fraction of sp³-hybridized carbons (Fsp3) is 0.318. The molecular formula is C22H21F4N5O. The summed E-state index contributed by atoms with van der Waals surface area (Å²) in [5.74, 6) is -2.57. The summed E-state index contributed by atoms with van der Waals surface area (Å²) in [6.45, 7) is 0. The van der Waals surface area contributed by atoms with Gasteiger partial charge in [-0.15, -0.1) is 0 Å². The first-order valence-corrected chi connectivity index (χ1v) is 9.99. The number of nitrogens with two attached hydrogens (primary N) is 1. The Balaban J connectivity index is 1.82. The van der Waals surface area contributed by atoms with E-state index in [-0.39, 0.29) is 23.0 Å². The zero-order valence-electron chi connectivity index (χ0n) is 17.4. The summed E-state index contributed by atoms with van der Waals surface area (Å²) >= 11 is 0. The van der Waals surface area contributed by atoms with Crippen molar-refractivity contribution in [2.24, 2.45) is 0 Å². The van der Waals surface area contributed by atoms with Crippen molar-refractivity contribution in [1.82, 2.24) is 15.0 Å². The predicted molar refractivity (Wildman–Crippen MR) is 112 cm³/mol. The van der Waals surface area contributed by atoms with Crippen molar-refractivity contribution in [2.45, 2.75) is 31.4 Å². The lowest BCUT2D eigenvalue weighted by Gasteiger charge is -2.28. The van der Waals surface area contributed by atoms with Crippen LogP contribution >= 0.6 is 0 Å². The Morgan fingerprint density at radius 1 is 1.09 bits per heavy atom. The van der Waals surface area contributed by atoms with E-state index >= 15 is 4.39 Å². The molecule has 1 saturated carbocycles. The van der Waals surface area contributed by atoms with Crippen LogP contribution in [0.1, 0.15) is 36.6 Å². The van der Waals surface area contributed by atoms with Crippen molar-refractivity contribution in [3.63, 3.8) is 0 Å². The molecule has 10 heteroatoms. The zero-order valence-corrected chi connectivity index (χ0v) is 17.4. The Hall–Kier alpha value is -3.43. The fourth-order valence-corrected chi connectivity index (χ4v) is 3.40. The molecule has 0 radical (unpaired) electrons. The van der Waals surface area contributed by atoms with Crippen LogP contribution in [0.3, 0.4) is 0 Å². The molecule has 0 spiro atoms. The van der Waals surface area contributed by atoms with Crippen molar-refractivity contribution < 1.29 is 22.3 Å². The molecule has 2 N–H and O–H groups in total. The van der Waals surface area contributed by atoms with Gasteiger partial charge in [-0.3, -0.25) is 4.98 Å². The van der Waals surface area contributed by atoms with Gasteiger partial charge in [0.15, 0.2) is 11.6 Å². The van der Waals surface area contributed by atoms with E-state index in [1.165, 1.54) is 17.2 Å². The van der Waals surface area contributed by atoms with E-state index in [1.54, 1.807) is 38.4 Å². The maximum atomic E-state index is 15.6. The third-order valence-corrected chi connectivity index (χ3v) is 5.34. The van der Waals surface area contributed by atoms with Crippen molar-refractivity contribution in [3.8, 4) is 22.9 Å². The van der Waals surface area contributed by atoms with Gasteiger partial charge < -0.3 is 15.4 Å². The first kappa shape index (κ1) is 21.8. The van der Waals surface area contributed by atoms with Crippen LogP contribution < -0.4 is 15.4 Å². The molecule has 0 saturated heterocycles. The van der Waals surface area contributed by atoms with Crippen LogP contribution in [-0.2, 0) is 6.18 Å². The number of benzene rings is 1. The van der Waals surface area contributed by atoms with Gasteiger partial charge in [-0.05, 0) is 37.0 Å². The third kappa shape index (κ3) is 4.30. The number of hydrogen-bond donors (Lipinski definition) is 1. The number of pyridine rings is 1. The lowest BCUT2D eigenvalue weighted by molar-refractivity contribution is -0.145. The Kier molecular flexibility index (Phi) is 5.62. The van der Waals surface area contributed by atoms with Crippen LogP contribution in [0.25, 0.3) is 11.3 Å². The molecule has 2 aromatic heterocycles. The molecule has 1 aliphatic carbocycles. The Bertz CT molecular complexity index is 1130. The van der Waals surface area contributed by atoms with Crippen molar-refractivity contribution in [3.05, 3.63) is 53.7 Å². The maximum absolute atomic E-state index is 15.6. The van der Waals surface area contributed by atoms with E-state index in [4.69, 9.17) is 10.5 Å². The standard InChI is InChI=1S/C22H21F4N5O/c1-31(2)17-10-18(30-21(29-17)22(24,25)26)32-20-14(12-4-3-5-12)7-8-15(19(20)23)16-9-6-13(27)11-28-16/h6-12H,3-5,27H2,1-2H3. The Morgan fingerprint density at radius 3 is 2.41 bits per heavy atom. The molecule has 0 amide bonds. The van der Waals surface area contributed by atoms with Gasteiger partial charge >= 0.3 is 6.18 Å². The number of halogens is 4. The predicted octanol–water partition coefficient (Wildman–Crippen LogP) is 5.40. The largest absolute Gasteiger partial charge is 0.451 e. The summed E-state index contributed by atoms with van der Waals surface area (Å²) in [5, 5.41) is 0. The van der Waals surface area contributed by atoms with E-state index in [2.05, 4.69) is 15.0 Å². The van der Waals surface area contributed by atoms with E-state index in [0.29, 0.717) is 16.9 Å². The molecule has 1 aliphatic rings. The van der Waals surface area contributed by atoms with Gasteiger partial charge in [0.1, 0.15) is 5.82 Å². The summed E-state index contributed by atoms with van der Waals surface area (Å²) in [5.41, 5.74) is 7.16. The third-order valence-electron chi connectivity index (χ3n) is 5.34. The number of hydrogen-bond acceptors (Lipinski definition) is 6. The van der Waals surface area contributed by atoms with Gasteiger partial charge in [0.2, 0.25) is 11.7 Å². The number of alkyl halides is 3. The topological polar surface area (TPSA) is 77.2 Å². The van der Waals surface area contributed by atoms with Gasteiger partial charge in [-0.1, -0.05) is 12.5 Å². The van der Waals surface area contributed by atoms with Crippen LogP contribution in [0.2, 0.25) is 0 Å². The summed E-state index contributed by atoms with van der Waals surface area (Å²) in [7, 11) is 3.08. The normalized spacial score (nSPS) is 14.2. The molecule has 1 fully saturated rings. The van der Waals surface area contributed by atoms with Crippen molar-refractivity contribution >= 4 is 11.5 Å². The second-order valence-corrected chi connectivity index (χ2v) is 7.83. The molecule has 0 atom stereocenters. The summed E-state index contributed by atoms with van der Waals surface area (Å²) in [4.78, 5) is 12.6. The van der Waals surface area contributed by atoms with Crippen LogP contribution in [0.15, 0.2) is 36.5 Å². The minimum atomic E-state index is -4.78. The van der Waals surface area contributed by atoms with Crippen LogP contribution in [-0.4, -0.2) is 29.0 Å². The molecule has 32 heavy (non-hydrogen) atoms. The highest BCUT2D eigenvalue weighted by molar-refractivity contribution is 5.65. The first-order chi connectivity index (χ1) is 15.1. The molecule has 4 rings (SSSR count). The molecule has 0 aliphatic heterocycles. The Labute approximate surface area is 182 Å². The second kappa shape index (κ2) is 8.25. The van der Waals surface area contributed by atoms with Crippen LogP contribution in [0.5, 0.6) is 11.6 Å². The number of rotatable bonds is 5. The summed E-state index contributed by atoms with van der Waals surface area (Å²) in [6.07, 6.45) is -0.706. The van der Waals surface area contributed by atoms with Crippen LogP contribution in [0, 0.1) is 5.82 Å². The number of nitrogen functional groups attached to an aromatic ring is 1. The van der Waals surface area contributed by atoms with Crippen molar-refractivity contribution in [1.29, 1.82) is 0 Å². The minimum absolute atomic E-state index is 0.00992. The SMILES string of the molecule is CN(C)c1cc(Oc2c(C3CCC3)ccc(-c3ccc(N)cn3)c2F)nc(C(F)(F)F)n1. The molecule has 168 valence electrons. The average molecular weight is 447 g/mol. The quantitative estimate of drug-likeness (QED) is 0.528. The molecule has 0 unspecified atom stereocenters. The van der Waals surface area contributed by atoms with E-state index < -0.39 is 23.7 Å². The maximum Gasteiger partial charge on any atom is 0.451 e. The van der Waals surface area contributed by atoms with Gasteiger partial charge in [0, 0.05) is 31.3 Å². The van der Waals surface area contributed by atoms with Gasteiger partial charge in [-0.25, -0.2) is 9.37 Å². The van der Waals surface area contributed by atoms with Gasteiger partial charge in [0.05, 0.1) is 17.6 Å². The lowest BCUT2D eigenvalue weighted by atomic mass is 9.79. The highest BCUT2D eigenvalue weighted by Gasteiger charge is 2.36. The number of ether oxygens (including phenoxy) is 1. The number of aromatic nitrogens is 3. The van der Waals surface area contributed by atoms with Gasteiger partial charge in [-0.2, -0.15) is 18.2 Å². The molecule has 0 bridgehead atoms. The first-order valence-electron chi connectivity index (χ1n) is 9.99. The van der Waals surface area contributed by atoms with E-state index in [0.717, 1.165) is 19.3 Å². The smallest absolute Gasteiger partial charge is 0.435 e. The van der Waals surface area contributed by atoms with Crippen molar-refractivity contribution in [2.75, 3.05) is 24.7 Å². The second-order valence-electron chi connectivity index (χ2n) is 7.83. The summed E-state index contributed by atoms with van der Waals surface area (Å²) in [6, 6.07) is 7.73. The molecule has 2 heterocycles.